The second-order valence-electron chi connectivity index (χ2n) is 4.73. The van der Waals surface area contributed by atoms with Gasteiger partial charge in [-0.1, -0.05) is 37.6 Å². The number of benzene rings is 1. The SMILES string of the molecule is CCCNCc1sc(CSc2ccccc2Cl)nc1CC. The molecule has 0 aliphatic carbocycles. The number of nitrogens with one attached hydrogen (secondary N) is 1. The summed E-state index contributed by atoms with van der Waals surface area (Å²) in [6.45, 7) is 6.35. The van der Waals surface area contributed by atoms with Gasteiger partial charge in [-0.2, -0.15) is 0 Å². The van der Waals surface area contributed by atoms with Gasteiger partial charge >= 0.3 is 0 Å². The minimum Gasteiger partial charge on any atom is -0.312 e. The molecule has 2 nitrogen and oxygen atoms in total. The van der Waals surface area contributed by atoms with Crippen molar-refractivity contribution in [2.24, 2.45) is 0 Å². The topological polar surface area (TPSA) is 24.9 Å². The van der Waals surface area contributed by atoms with E-state index in [1.54, 1.807) is 11.8 Å². The first-order chi connectivity index (χ1) is 10.2. The van der Waals surface area contributed by atoms with Crippen molar-refractivity contribution in [3.05, 3.63) is 44.9 Å². The Hall–Kier alpha value is -0.550. The second-order valence-corrected chi connectivity index (χ2v) is 7.32. The number of aromatic nitrogens is 1. The minimum atomic E-state index is 0.819. The van der Waals surface area contributed by atoms with E-state index in [0.29, 0.717) is 0 Å². The zero-order chi connectivity index (χ0) is 15.1. The lowest BCUT2D eigenvalue weighted by Gasteiger charge is -2.01. The van der Waals surface area contributed by atoms with Crippen molar-refractivity contribution in [1.29, 1.82) is 0 Å². The Morgan fingerprint density at radius 2 is 2.10 bits per heavy atom. The monoisotopic (exact) mass is 340 g/mol. The van der Waals surface area contributed by atoms with E-state index in [4.69, 9.17) is 16.6 Å². The number of rotatable bonds is 8. The van der Waals surface area contributed by atoms with Gasteiger partial charge in [0.25, 0.3) is 0 Å². The summed E-state index contributed by atoms with van der Waals surface area (Å²) < 4.78 is 0. The van der Waals surface area contributed by atoms with Crippen LogP contribution in [0.3, 0.4) is 0 Å². The van der Waals surface area contributed by atoms with Crippen molar-refractivity contribution < 1.29 is 0 Å². The molecule has 0 unspecified atom stereocenters. The summed E-state index contributed by atoms with van der Waals surface area (Å²) >= 11 is 9.77. The van der Waals surface area contributed by atoms with Crippen molar-refractivity contribution in [3.63, 3.8) is 0 Å². The fourth-order valence-corrected chi connectivity index (χ4v) is 4.35. The van der Waals surface area contributed by atoms with E-state index in [1.807, 2.05) is 29.5 Å². The molecule has 0 saturated carbocycles. The molecule has 1 aromatic heterocycles. The molecule has 0 radical (unpaired) electrons. The van der Waals surface area contributed by atoms with Crippen LogP contribution in [0.2, 0.25) is 5.02 Å². The summed E-state index contributed by atoms with van der Waals surface area (Å²) in [5.74, 6) is 0.884. The quantitative estimate of drug-likeness (QED) is 0.531. The van der Waals surface area contributed by atoms with Crippen LogP contribution in [0, 0.1) is 0 Å². The third-order valence-corrected chi connectivity index (χ3v) is 5.86. The normalized spacial score (nSPS) is 11.0. The second kappa shape index (κ2) is 8.79. The van der Waals surface area contributed by atoms with E-state index in [2.05, 4.69) is 25.2 Å². The molecule has 114 valence electrons. The molecule has 21 heavy (non-hydrogen) atoms. The number of hydrogen-bond donors (Lipinski definition) is 1. The number of thioether (sulfide) groups is 1. The fraction of sp³-hybridized carbons (Fsp3) is 0.438. The smallest absolute Gasteiger partial charge is 0.103 e. The molecule has 0 fully saturated rings. The predicted octanol–water partition coefficient (Wildman–Crippen LogP) is 5.15. The summed E-state index contributed by atoms with van der Waals surface area (Å²) in [5, 5.41) is 5.47. The van der Waals surface area contributed by atoms with Crippen LogP contribution in [0.5, 0.6) is 0 Å². The molecule has 5 heteroatoms. The molecule has 0 amide bonds. The molecule has 0 saturated heterocycles. The standard InChI is InChI=1S/C16H21ClN2S2/c1-3-9-18-10-15-13(4-2)19-16(21-15)11-20-14-8-6-5-7-12(14)17/h5-8,18H,3-4,9-11H2,1-2H3. The summed E-state index contributed by atoms with van der Waals surface area (Å²) in [5.41, 5.74) is 1.23. The average Bonchev–Trinajstić information content (AvgIpc) is 2.89. The Balaban J connectivity index is 1.98. The van der Waals surface area contributed by atoms with Crippen LogP contribution < -0.4 is 5.32 Å². The van der Waals surface area contributed by atoms with Crippen LogP contribution in [0.15, 0.2) is 29.2 Å². The van der Waals surface area contributed by atoms with Crippen LogP contribution in [-0.2, 0) is 18.7 Å². The van der Waals surface area contributed by atoms with Crippen LogP contribution in [-0.4, -0.2) is 11.5 Å². The highest BCUT2D eigenvalue weighted by Gasteiger charge is 2.10. The maximum atomic E-state index is 6.19. The molecule has 1 heterocycles. The number of thiazole rings is 1. The van der Waals surface area contributed by atoms with Gasteiger partial charge in [-0.25, -0.2) is 4.98 Å². The van der Waals surface area contributed by atoms with E-state index in [9.17, 15) is 0 Å². The van der Waals surface area contributed by atoms with Crippen LogP contribution in [0.1, 0.15) is 35.8 Å². The number of hydrogen-bond acceptors (Lipinski definition) is 4. The summed E-state index contributed by atoms with van der Waals surface area (Å²) in [6, 6.07) is 7.98. The van der Waals surface area contributed by atoms with Gasteiger partial charge in [-0.3, -0.25) is 0 Å². The minimum absolute atomic E-state index is 0.819. The Bertz CT molecular complexity index is 569. The van der Waals surface area contributed by atoms with Gasteiger partial charge in [0.2, 0.25) is 0 Å². The van der Waals surface area contributed by atoms with Gasteiger partial charge in [0.05, 0.1) is 16.5 Å². The lowest BCUT2D eigenvalue weighted by atomic mass is 10.3. The van der Waals surface area contributed by atoms with Gasteiger partial charge < -0.3 is 5.32 Å². The van der Waals surface area contributed by atoms with Gasteiger partial charge in [0.1, 0.15) is 5.01 Å². The van der Waals surface area contributed by atoms with E-state index in [0.717, 1.165) is 41.6 Å². The van der Waals surface area contributed by atoms with Crippen molar-refractivity contribution >= 4 is 34.7 Å². The zero-order valence-electron chi connectivity index (χ0n) is 12.5. The molecular formula is C16H21ClN2S2. The molecule has 0 bridgehead atoms. The van der Waals surface area contributed by atoms with Gasteiger partial charge in [-0.15, -0.1) is 23.1 Å². The highest BCUT2D eigenvalue weighted by Crippen LogP contribution is 2.31. The Labute approximate surface area is 140 Å². The van der Waals surface area contributed by atoms with Crippen molar-refractivity contribution in [2.75, 3.05) is 6.54 Å². The molecular weight excluding hydrogens is 320 g/mol. The fourth-order valence-electron chi connectivity index (χ4n) is 1.99. The molecule has 2 rings (SSSR count). The average molecular weight is 341 g/mol. The van der Waals surface area contributed by atoms with Gasteiger partial charge in [-0.05, 0) is 31.5 Å². The molecule has 1 aromatic carbocycles. The third-order valence-electron chi connectivity index (χ3n) is 3.06. The molecule has 0 atom stereocenters. The summed E-state index contributed by atoms with van der Waals surface area (Å²) in [4.78, 5) is 7.27. The maximum absolute atomic E-state index is 6.19. The van der Waals surface area contributed by atoms with Crippen molar-refractivity contribution in [2.45, 2.75) is 43.9 Å². The summed E-state index contributed by atoms with van der Waals surface area (Å²) in [6.07, 6.45) is 2.16. The van der Waals surface area contributed by atoms with E-state index >= 15 is 0 Å². The Kier molecular flexibility index (Phi) is 7.04. The first-order valence-corrected chi connectivity index (χ1v) is 9.48. The zero-order valence-corrected chi connectivity index (χ0v) is 14.9. The summed E-state index contributed by atoms with van der Waals surface area (Å²) in [7, 11) is 0. The molecule has 2 aromatic rings. The number of aryl methyl sites for hydroxylation is 1. The highest BCUT2D eigenvalue weighted by atomic mass is 35.5. The van der Waals surface area contributed by atoms with E-state index in [1.165, 1.54) is 15.6 Å². The lowest BCUT2D eigenvalue weighted by molar-refractivity contribution is 0.676. The third kappa shape index (κ3) is 4.99. The molecule has 1 N–H and O–H groups in total. The van der Waals surface area contributed by atoms with Crippen LogP contribution >= 0.6 is 34.7 Å². The van der Waals surface area contributed by atoms with Gasteiger partial charge in [0, 0.05) is 16.3 Å². The largest absolute Gasteiger partial charge is 0.312 e. The Morgan fingerprint density at radius 3 is 2.81 bits per heavy atom. The first kappa shape index (κ1) is 16.8. The molecule has 0 aliphatic rings. The lowest BCUT2D eigenvalue weighted by Crippen LogP contribution is -2.13. The number of halogens is 1. The van der Waals surface area contributed by atoms with Crippen LogP contribution in [0.4, 0.5) is 0 Å². The highest BCUT2D eigenvalue weighted by molar-refractivity contribution is 7.98. The molecule has 0 aliphatic heterocycles. The Morgan fingerprint density at radius 1 is 1.29 bits per heavy atom. The predicted molar refractivity (Wildman–Crippen MR) is 94.5 cm³/mol. The molecule has 0 spiro atoms. The van der Waals surface area contributed by atoms with E-state index in [-0.39, 0.29) is 0 Å². The number of nitrogens with zero attached hydrogens (tertiary/aromatic N) is 1. The van der Waals surface area contributed by atoms with E-state index < -0.39 is 0 Å². The van der Waals surface area contributed by atoms with Crippen molar-refractivity contribution in [3.8, 4) is 0 Å². The van der Waals surface area contributed by atoms with Crippen LogP contribution in [0.25, 0.3) is 0 Å². The van der Waals surface area contributed by atoms with Crippen molar-refractivity contribution in [1.82, 2.24) is 10.3 Å². The maximum Gasteiger partial charge on any atom is 0.103 e. The van der Waals surface area contributed by atoms with Gasteiger partial charge in [0.15, 0.2) is 0 Å². The first-order valence-electron chi connectivity index (χ1n) is 7.30.